The molecule has 1 unspecified atom stereocenters. The molecule has 3 aromatic carbocycles. The number of rotatable bonds is 11. The quantitative estimate of drug-likeness (QED) is 0.262. The van der Waals surface area contributed by atoms with Crippen LogP contribution in [0.15, 0.2) is 77.3 Å². The molecule has 5 nitrogen and oxygen atoms in total. The summed E-state index contributed by atoms with van der Waals surface area (Å²) in [6.07, 6.45) is 4.65. The molecule has 0 radical (unpaired) electrons. The van der Waals surface area contributed by atoms with Gasteiger partial charge in [0, 0.05) is 19.0 Å². The molecule has 0 spiro atoms. The Morgan fingerprint density at radius 1 is 1.00 bits per heavy atom. The average molecular weight is 592 g/mol. The molecule has 1 fully saturated rings. The first-order valence-corrected chi connectivity index (χ1v) is 14.7. The number of nitrogens with zero attached hydrogens (tertiary/aromatic N) is 1. The van der Waals surface area contributed by atoms with Crippen molar-refractivity contribution in [1.29, 1.82) is 0 Å². The summed E-state index contributed by atoms with van der Waals surface area (Å²) in [6.45, 7) is 6.48. The molecule has 1 saturated carbocycles. The number of benzene rings is 3. The maximum atomic E-state index is 13.9. The van der Waals surface area contributed by atoms with Crippen molar-refractivity contribution >= 4 is 27.7 Å². The average Bonchev–Trinajstić information content (AvgIpc) is 3.44. The van der Waals surface area contributed by atoms with Gasteiger partial charge in [-0.05, 0) is 76.0 Å². The molecule has 206 valence electrons. The van der Waals surface area contributed by atoms with Crippen molar-refractivity contribution in [2.75, 3.05) is 6.61 Å². The molecule has 1 aliphatic carbocycles. The molecule has 0 saturated heterocycles. The van der Waals surface area contributed by atoms with E-state index < -0.39 is 6.04 Å². The second-order valence-electron chi connectivity index (χ2n) is 10.8. The van der Waals surface area contributed by atoms with E-state index in [4.69, 9.17) is 4.74 Å². The maximum absolute atomic E-state index is 13.9. The van der Waals surface area contributed by atoms with Gasteiger partial charge in [0.05, 0.1) is 4.47 Å². The predicted octanol–water partition coefficient (Wildman–Crippen LogP) is 6.96. The van der Waals surface area contributed by atoms with Gasteiger partial charge in [0.1, 0.15) is 11.8 Å². The highest BCUT2D eigenvalue weighted by molar-refractivity contribution is 9.10. The zero-order valence-electron chi connectivity index (χ0n) is 23.2. The molecular weight excluding hydrogens is 552 g/mol. The second-order valence-corrected chi connectivity index (χ2v) is 11.6. The van der Waals surface area contributed by atoms with E-state index in [1.807, 2.05) is 79.7 Å². The van der Waals surface area contributed by atoms with Crippen molar-refractivity contribution in [3.8, 4) is 5.75 Å². The highest BCUT2D eigenvalue weighted by Gasteiger charge is 2.32. The van der Waals surface area contributed by atoms with Crippen LogP contribution in [0.3, 0.4) is 0 Å². The Hall–Kier alpha value is -3.12. The van der Waals surface area contributed by atoms with Gasteiger partial charge in [0.2, 0.25) is 5.91 Å². The van der Waals surface area contributed by atoms with E-state index in [1.54, 1.807) is 4.90 Å². The van der Waals surface area contributed by atoms with Crippen LogP contribution in [0, 0.1) is 6.92 Å². The van der Waals surface area contributed by atoms with Gasteiger partial charge in [-0.15, -0.1) is 0 Å². The normalized spacial score (nSPS) is 14.3. The van der Waals surface area contributed by atoms with Crippen molar-refractivity contribution in [2.45, 2.75) is 77.4 Å². The van der Waals surface area contributed by atoms with Crippen molar-refractivity contribution < 1.29 is 14.3 Å². The zero-order chi connectivity index (χ0) is 27.8. The number of hydrogen-bond acceptors (Lipinski definition) is 3. The number of carbonyl (C=O) groups excluding carboxylic acids is 2. The van der Waals surface area contributed by atoms with E-state index >= 15 is 0 Å². The number of halogens is 1. The van der Waals surface area contributed by atoms with Crippen LogP contribution in [0.1, 0.15) is 67.7 Å². The standard InChI is InChI=1S/C33H39BrN2O3/c1-23(2)26-17-18-31(29(34)20-26)39-22-32(37)36(21-27-14-8-7-11-24(27)3)30(19-25-12-5-4-6-13-25)33(38)35-28-15-9-10-16-28/h4-8,11-14,17-18,20,23,28,30H,9-10,15-16,19,21-22H2,1-3H3,(H,35,38). The predicted molar refractivity (Wildman–Crippen MR) is 160 cm³/mol. The molecular formula is C33H39BrN2O3. The summed E-state index contributed by atoms with van der Waals surface area (Å²) in [4.78, 5) is 29.4. The zero-order valence-corrected chi connectivity index (χ0v) is 24.7. The molecule has 4 rings (SSSR count). The first kappa shape index (κ1) is 28.9. The number of nitrogens with one attached hydrogen (secondary N) is 1. The third kappa shape index (κ3) is 7.95. The molecule has 6 heteroatoms. The Labute approximate surface area is 241 Å². The van der Waals surface area contributed by atoms with Crippen LogP contribution in [-0.2, 0) is 22.6 Å². The van der Waals surface area contributed by atoms with Gasteiger partial charge in [0.15, 0.2) is 6.61 Å². The molecule has 0 bridgehead atoms. The summed E-state index contributed by atoms with van der Waals surface area (Å²) < 4.78 is 6.84. The van der Waals surface area contributed by atoms with Crippen LogP contribution in [0.2, 0.25) is 0 Å². The van der Waals surface area contributed by atoms with Crippen molar-refractivity contribution in [3.63, 3.8) is 0 Å². The van der Waals surface area contributed by atoms with Crippen LogP contribution >= 0.6 is 15.9 Å². The SMILES string of the molecule is Cc1ccccc1CN(C(=O)COc1ccc(C(C)C)cc1Br)C(Cc1ccccc1)C(=O)NC1CCCC1. The molecule has 1 atom stereocenters. The lowest BCUT2D eigenvalue weighted by molar-refractivity contribution is -0.143. The van der Waals surface area contributed by atoms with Gasteiger partial charge in [-0.1, -0.05) is 87.4 Å². The Bertz CT molecular complexity index is 1250. The second kappa shape index (κ2) is 13.8. The Morgan fingerprint density at radius 3 is 2.36 bits per heavy atom. The van der Waals surface area contributed by atoms with Gasteiger partial charge in [-0.25, -0.2) is 0 Å². The van der Waals surface area contributed by atoms with Gasteiger partial charge >= 0.3 is 0 Å². The number of ether oxygens (including phenoxy) is 1. The third-order valence-electron chi connectivity index (χ3n) is 7.55. The summed E-state index contributed by atoms with van der Waals surface area (Å²) >= 11 is 3.60. The molecule has 2 amide bonds. The summed E-state index contributed by atoms with van der Waals surface area (Å²) in [5, 5.41) is 3.25. The Kier molecular flexibility index (Phi) is 10.2. The van der Waals surface area contributed by atoms with Crippen LogP contribution in [0.4, 0.5) is 0 Å². The van der Waals surface area contributed by atoms with Gasteiger partial charge in [-0.2, -0.15) is 0 Å². The minimum Gasteiger partial charge on any atom is -0.483 e. The molecule has 0 heterocycles. The molecule has 0 aromatic heterocycles. The van der Waals surface area contributed by atoms with Gasteiger partial charge in [-0.3, -0.25) is 9.59 Å². The lowest BCUT2D eigenvalue weighted by Gasteiger charge is -2.32. The number of amides is 2. The monoisotopic (exact) mass is 590 g/mol. The van der Waals surface area contributed by atoms with Gasteiger partial charge < -0.3 is 15.0 Å². The van der Waals surface area contributed by atoms with E-state index in [0.717, 1.165) is 46.8 Å². The number of hydrogen-bond donors (Lipinski definition) is 1. The number of aryl methyl sites for hydroxylation is 1. The first-order chi connectivity index (χ1) is 18.8. The van der Waals surface area contributed by atoms with Crippen LogP contribution < -0.4 is 10.1 Å². The number of carbonyl (C=O) groups is 2. The van der Waals surface area contributed by atoms with Crippen molar-refractivity contribution in [3.05, 3.63) is 99.5 Å². The highest BCUT2D eigenvalue weighted by atomic mass is 79.9. The van der Waals surface area contributed by atoms with Gasteiger partial charge in [0.25, 0.3) is 5.91 Å². The van der Waals surface area contributed by atoms with E-state index in [0.29, 0.717) is 24.6 Å². The maximum Gasteiger partial charge on any atom is 0.261 e. The van der Waals surface area contributed by atoms with Crippen molar-refractivity contribution in [2.24, 2.45) is 0 Å². The summed E-state index contributed by atoms with van der Waals surface area (Å²) in [6, 6.07) is 23.4. The fraction of sp³-hybridized carbons (Fsp3) is 0.394. The van der Waals surface area contributed by atoms with E-state index in [2.05, 4.69) is 35.1 Å². The van der Waals surface area contributed by atoms with Crippen LogP contribution in [-0.4, -0.2) is 35.4 Å². The highest BCUT2D eigenvalue weighted by Crippen LogP contribution is 2.29. The smallest absolute Gasteiger partial charge is 0.261 e. The van der Waals surface area contributed by atoms with Crippen LogP contribution in [0.5, 0.6) is 5.75 Å². The Morgan fingerprint density at radius 2 is 1.69 bits per heavy atom. The summed E-state index contributed by atoms with van der Waals surface area (Å²) in [7, 11) is 0. The molecule has 1 N–H and O–H groups in total. The molecule has 1 aliphatic rings. The lowest BCUT2D eigenvalue weighted by Crippen LogP contribution is -2.53. The summed E-state index contributed by atoms with van der Waals surface area (Å²) in [5.74, 6) is 0.674. The molecule has 3 aromatic rings. The largest absolute Gasteiger partial charge is 0.483 e. The fourth-order valence-corrected chi connectivity index (χ4v) is 5.62. The molecule has 0 aliphatic heterocycles. The van der Waals surface area contributed by atoms with E-state index in [1.165, 1.54) is 5.56 Å². The lowest BCUT2D eigenvalue weighted by atomic mass is 10.0. The van der Waals surface area contributed by atoms with E-state index in [-0.39, 0.29) is 24.5 Å². The fourth-order valence-electron chi connectivity index (χ4n) is 5.11. The first-order valence-electron chi connectivity index (χ1n) is 13.9. The van der Waals surface area contributed by atoms with Crippen LogP contribution in [0.25, 0.3) is 0 Å². The minimum atomic E-state index is -0.657. The minimum absolute atomic E-state index is 0.102. The molecule has 39 heavy (non-hydrogen) atoms. The Balaban J connectivity index is 1.61. The van der Waals surface area contributed by atoms with Crippen molar-refractivity contribution in [1.82, 2.24) is 10.2 Å². The topological polar surface area (TPSA) is 58.6 Å². The third-order valence-corrected chi connectivity index (χ3v) is 8.17. The summed E-state index contributed by atoms with van der Waals surface area (Å²) in [5.41, 5.74) is 4.30. The van der Waals surface area contributed by atoms with E-state index in [9.17, 15) is 9.59 Å².